The first-order chi connectivity index (χ1) is 14.7. The molecule has 2 aliphatic heterocycles. The Morgan fingerprint density at radius 3 is 2.94 bits per heavy atom. The summed E-state index contributed by atoms with van der Waals surface area (Å²) >= 11 is 0. The van der Waals surface area contributed by atoms with E-state index < -0.39 is 23.7 Å². The third-order valence-corrected chi connectivity index (χ3v) is 5.37. The Balaban J connectivity index is 1.41. The molecule has 0 saturated carbocycles. The number of aryl methyl sites for hydroxylation is 1. The van der Waals surface area contributed by atoms with Gasteiger partial charge in [0.1, 0.15) is 17.5 Å². The van der Waals surface area contributed by atoms with Crippen LogP contribution in [0.25, 0.3) is 0 Å². The summed E-state index contributed by atoms with van der Waals surface area (Å²) in [4.78, 5) is 30.2. The monoisotopic (exact) mass is 434 g/mol. The van der Waals surface area contributed by atoms with Crippen LogP contribution in [0.4, 0.5) is 10.6 Å². The summed E-state index contributed by atoms with van der Waals surface area (Å²) in [6, 6.07) is 3.16. The molecule has 3 heterocycles. The van der Waals surface area contributed by atoms with Gasteiger partial charge in [0.25, 0.3) is 0 Å². The predicted molar refractivity (Wildman–Crippen MR) is 116 cm³/mol. The molecule has 1 unspecified atom stereocenters. The van der Waals surface area contributed by atoms with Crippen molar-refractivity contribution in [3.63, 3.8) is 0 Å². The quantitative estimate of drug-likeness (QED) is 0.572. The van der Waals surface area contributed by atoms with Crippen LogP contribution in [-0.2, 0) is 27.3 Å². The van der Waals surface area contributed by atoms with E-state index in [9.17, 15) is 14.7 Å². The van der Waals surface area contributed by atoms with Crippen LogP contribution in [0.1, 0.15) is 51.3 Å². The fourth-order valence-electron chi connectivity index (χ4n) is 3.81. The number of hydrogen-bond donors (Lipinski definition) is 3. The molecule has 1 amide bonds. The number of hydrogen-bond acceptors (Lipinski definition) is 7. The Morgan fingerprint density at radius 1 is 1.39 bits per heavy atom. The summed E-state index contributed by atoms with van der Waals surface area (Å²) in [5.74, 6) is -0.0949. The van der Waals surface area contributed by atoms with Gasteiger partial charge in [-0.05, 0) is 58.1 Å². The van der Waals surface area contributed by atoms with Crippen molar-refractivity contribution in [2.24, 2.45) is 0 Å². The zero-order chi connectivity index (χ0) is 22.4. The lowest BCUT2D eigenvalue weighted by Crippen LogP contribution is -2.45. The molecule has 1 fully saturated rings. The Hall–Kier alpha value is -2.39. The first kappa shape index (κ1) is 23.3. The van der Waals surface area contributed by atoms with Crippen LogP contribution in [0.2, 0.25) is 0 Å². The van der Waals surface area contributed by atoms with E-state index in [-0.39, 0.29) is 6.10 Å². The predicted octanol–water partition coefficient (Wildman–Crippen LogP) is 2.40. The zero-order valence-corrected chi connectivity index (χ0v) is 18.6. The number of carboxylic acid groups (broad SMARTS) is 1. The Kier molecular flexibility index (Phi) is 7.72. The summed E-state index contributed by atoms with van der Waals surface area (Å²) in [6.45, 7) is 8.78. The largest absolute Gasteiger partial charge is 0.480 e. The lowest BCUT2D eigenvalue weighted by Gasteiger charge is -2.23. The van der Waals surface area contributed by atoms with Gasteiger partial charge in [0.15, 0.2) is 0 Å². The van der Waals surface area contributed by atoms with Crippen LogP contribution >= 0.6 is 0 Å². The van der Waals surface area contributed by atoms with E-state index in [1.165, 1.54) is 5.56 Å². The van der Waals surface area contributed by atoms with Crippen LogP contribution < -0.4 is 10.6 Å². The Morgan fingerprint density at radius 2 is 2.19 bits per heavy atom. The van der Waals surface area contributed by atoms with Gasteiger partial charge in [0, 0.05) is 26.2 Å². The first-order valence-electron chi connectivity index (χ1n) is 11.0. The fraction of sp³-hybridized carbons (Fsp3) is 0.682. The molecular formula is C22H34N4O5. The highest BCUT2D eigenvalue weighted by Crippen LogP contribution is 2.21. The number of nitrogens with zero attached hydrogens (tertiary/aromatic N) is 2. The molecule has 9 nitrogen and oxygen atoms in total. The van der Waals surface area contributed by atoms with Crippen LogP contribution in [0.15, 0.2) is 12.1 Å². The highest BCUT2D eigenvalue weighted by molar-refractivity contribution is 5.80. The van der Waals surface area contributed by atoms with E-state index in [4.69, 9.17) is 9.47 Å². The van der Waals surface area contributed by atoms with Crippen LogP contribution in [-0.4, -0.2) is 71.0 Å². The van der Waals surface area contributed by atoms with Gasteiger partial charge < -0.3 is 30.1 Å². The standard InChI is InChI=1S/C22H34N4O5/c1-22(2,3)31-21(29)25-18(20(27)28)9-12-26-11-8-17(13-26)30-14-16-7-6-15-5-4-10-23-19(15)24-16/h6-7,17-18H,4-5,8-14H2,1-3H3,(H,23,24)(H,25,29)(H,27,28)/t17-,18?/m1/s1. The molecule has 1 saturated heterocycles. The van der Waals surface area contributed by atoms with Gasteiger partial charge >= 0.3 is 12.1 Å². The van der Waals surface area contributed by atoms with Crippen molar-refractivity contribution < 1.29 is 24.2 Å². The van der Waals surface area contributed by atoms with Crippen LogP contribution in [0.5, 0.6) is 0 Å². The number of pyridine rings is 1. The maximum Gasteiger partial charge on any atom is 0.408 e. The minimum absolute atomic E-state index is 0.0906. The molecule has 3 N–H and O–H groups in total. The maximum absolute atomic E-state index is 11.9. The van der Waals surface area contributed by atoms with Gasteiger partial charge in [-0.15, -0.1) is 0 Å². The molecule has 0 aromatic carbocycles. The zero-order valence-electron chi connectivity index (χ0n) is 18.6. The van der Waals surface area contributed by atoms with E-state index in [0.717, 1.165) is 50.4 Å². The summed E-state index contributed by atoms with van der Waals surface area (Å²) < 4.78 is 11.2. The average Bonchev–Trinajstić information content (AvgIpc) is 3.15. The summed E-state index contributed by atoms with van der Waals surface area (Å²) in [7, 11) is 0. The van der Waals surface area contributed by atoms with Gasteiger partial charge in [-0.25, -0.2) is 14.6 Å². The molecule has 2 atom stereocenters. The molecule has 31 heavy (non-hydrogen) atoms. The number of nitrogens with one attached hydrogen (secondary N) is 2. The molecule has 1 aromatic rings. The maximum atomic E-state index is 11.9. The molecular weight excluding hydrogens is 400 g/mol. The number of rotatable bonds is 8. The van der Waals surface area contributed by atoms with Crippen LogP contribution in [0, 0.1) is 0 Å². The summed E-state index contributed by atoms with van der Waals surface area (Å²) in [5.41, 5.74) is 1.50. The number of ether oxygens (including phenoxy) is 2. The van der Waals surface area contributed by atoms with Gasteiger partial charge in [-0.1, -0.05) is 6.07 Å². The molecule has 0 radical (unpaired) electrons. The number of carbonyl (C=O) groups excluding carboxylic acids is 1. The molecule has 0 bridgehead atoms. The number of anilines is 1. The minimum atomic E-state index is -1.06. The molecule has 9 heteroatoms. The third-order valence-electron chi connectivity index (χ3n) is 5.37. The highest BCUT2D eigenvalue weighted by Gasteiger charge is 2.27. The second-order valence-corrected chi connectivity index (χ2v) is 9.19. The fourth-order valence-corrected chi connectivity index (χ4v) is 3.81. The average molecular weight is 435 g/mol. The molecule has 1 aromatic heterocycles. The topological polar surface area (TPSA) is 113 Å². The van der Waals surface area contributed by atoms with Crippen molar-refractivity contribution in [3.8, 4) is 0 Å². The van der Waals surface area contributed by atoms with Crippen molar-refractivity contribution in [3.05, 3.63) is 23.4 Å². The lowest BCUT2D eigenvalue weighted by atomic mass is 10.1. The minimum Gasteiger partial charge on any atom is -0.480 e. The molecule has 2 aliphatic rings. The SMILES string of the molecule is CC(C)(C)OC(=O)NC(CCN1CC[C@@H](OCc2ccc3c(n2)NCCC3)C1)C(=O)O. The number of fused-ring (bicyclic) bond motifs is 1. The summed E-state index contributed by atoms with van der Waals surface area (Å²) in [6.07, 6.45) is 2.77. The molecule has 0 aliphatic carbocycles. The second-order valence-electron chi connectivity index (χ2n) is 9.19. The first-order valence-corrected chi connectivity index (χ1v) is 11.0. The Bertz CT molecular complexity index is 780. The van der Waals surface area contributed by atoms with Crippen LogP contribution in [0.3, 0.4) is 0 Å². The number of aliphatic carboxylic acids is 1. The number of aromatic nitrogens is 1. The number of likely N-dealkylation sites (tertiary alicyclic amines) is 1. The van der Waals surface area contributed by atoms with E-state index >= 15 is 0 Å². The number of carbonyl (C=O) groups is 2. The van der Waals surface area contributed by atoms with Gasteiger partial charge in [-0.3, -0.25) is 0 Å². The van der Waals surface area contributed by atoms with E-state index in [0.29, 0.717) is 19.6 Å². The number of carboxylic acids is 1. The van der Waals surface area contributed by atoms with Crippen molar-refractivity contribution in [2.45, 2.75) is 70.8 Å². The number of alkyl carbamates (subject to hydrolysis) is 1. The van der Waals surface area contributed by atoms with E-state index in [2.05, 4.69) is 26.6 Å². The molecule has 0 spiro atoms. The second kappa shape index (κ2) is 10.3. The van der Waals surface area contributed by atoms with Crippen molar-refractivity contribution >= 4 is 17.9 Å². The van der Waals surface area contributed by atoms with Crippen molar-refractivity contribution in [2.75, 3.05) is 31.5 Å². The van der Waals surface area contributed by atoms with E-state index in [1.54, 1.807) is 20.8 Å². The van der Waals surface area contributed by atoms with Crippen molar-refractivity contribution in [1.29, 1.82) is 0 Å². The smallest absolute Gasteiger partial charge is 0.408 e. The molecule has 172 valence electrons. The Labute approximate surface area is 183 Å². The highest BCUT2D eigenvalue weighted by atomic mass is 16.6. The summed E-state index contributed by atoms with van der Waals surface area (Å²) in [5, 5.41) is 15.2. The van der Waals surface area contributed by atoms with E-state index in [1.807, 2.05) is 6.07 Å². The lowest BCUT2D eigenvalue weighted by molar-refractivity contribution is -0.139. The van der Waals surface area contributed by atoms with Gasteiger partial charge in [-0.2, -0.15) is 0 Å². The number of amides is 1. The third kappa shape index (κ3) is 7.36. The van der Waals surface area contributed by atoms with Gasteiger partial charge in [0.05, 0.1) is 18.4 Å². The van der Waals surface area contributed by atoms with Crippen molar-refractivity contribution in [1.82, 2.24) is 15.2 Å². The van der Waals surface area contributed by atoms with Gasteiger partial charge in [0.2, 0.25) is 0 Å². The normalized spacial score (nSPS) is 19.9. The molecule has 3 rings (SSSR count).